The molecule has 0 heterocycles. The second-order valence-electron chi connectivity index (χ2n) is 6.21. The number of alkyl carbamates (subject to hydrolysis) is 1. The van der Waals surface area contributed by atoms with Crippen molar-refractivity contribution in [2.45, 2.75) is 39.2 Å². The van der Waals surface area contributed by atoms with Crippen molar-refractivity contribution in [1.82, 2.24) is 5.32 Å². The zero-order chi connectivity index (χ0) is 16.8. The lowest BCUT2D eigenvalue weighted by Gasteiger charge is -2.20. The Balaban J connectivity index is 2.46. The lowest BCUT2D eigenvalue weighted by molar-refractivity contribution is 0.0522. The Morgan fingerprint density at radius 2 is 2.05 bits per heavy atom. The van der Waals surface area contributed by atoms with Crippen molar-refractivity contribution in [3.8, 4) is 0 Å². The maximum atomic E-state index is 13.6. The first-order valence-electron chi connectivity index (χ1n) is 7.23. The molecule has 22 heavy (non-hydrogen) atoms. The number of carbonyl (C=O) groups is 1. The molecule has 0 fully saturated rings. The fourth-order valence-electron chi connectivity index (χ4n) is 1.96. The topological polar surface area (TPSA) is 58.6 Å². The first kappa shape index (κ1) is 18.4. The fraction of sp³-hybridized carbons (Fsp3) is 0.562. The average molecular weight is 315 g/mol. The second-order valence-corrected chi connectivity index (χ2v) is 6.21. The van der Waals surface area contributed by atoms with Crippen LogP contribution in [-0.2, 0) is 11.2 Å². The number of hydrogen-bond donors (Lipinski definition) is 2. The van der Waals surface area contributed by atoms with Gasteiger partial charge >= 0.3 is 6.09 Å². The summed E-state index contributed by atoms with van der Waals surface area (Å²) < 4.78 is 31.8. The van der Waals surface area contributed by atoms with Gasteiger partial charge in [0.2, 0.25) is 0 Å². The van der Waals surface area contributed by atoms with E-state index < -0.39 is 23.3 Å². The van der Waals surface area contributed by atoms with Crippen LogP contribution in [0.4, 0.5) is 13.6 Å². The smallest absolute Gasteiger partial charge is 0.407 e. The molecule has 0 saturated heterocycles. The van der Waals surface area contributed by atoms with Crippen LogP contribution < -0.4 is 5.32 Å². The Kier molecular flexibility index (Phi) is 6.74. The van der Waals surface area contributed by atoms with Crippen LogP contribution in [0, 0.1) is 17.6 Å². The average Bonchev–Trinajstić information content (AvgIpc) is 2.39. The Bertz CT molecular complexity index is 501. The summed E-state index contributed by atoms with van der Waals surface area (Å²) in [5.74, 6) is -1.29. The Morgan fingerprint density at radius 3 is 2.64 bits per heavy atom. The lowest BCUT2D eigenvalue weighted by Crippen LogP contribution is -2.34. The van der Waals surface area contributed by atoms with Crippen LogP contribution in [0.1, 0.15) is 32.8 Å². The third-order valence-electron chi connectivity index (χ3n) is 3.00. The number of amides is 1. The van der Waals surface area contributed by atoms with Crippen LogP contribution >= 0.6 is 0 Å². The van der Waals surface area contributed by atoms with Crippen molar-refractivity contribution in [3.63, 3.8) is 0 Å². The van der Waals surface area contributed by atoms with E-state index in [-0.39, 0.29) is 31.1 Å². The number of hydrogen-bond acceptors (Lipinski definition) is 3. The molecule has 0 saturated carbocycles. The second kappa shape index (κ2) is 8.08. The van der Waals surface area contributed by atoms with Gasteiger partial charge in [0.05, 0.1) is 0 Å². The molecule has 0 aromatic heterocycles. The summed E-state index contributed by atoms with van der Waals surface area (Å²) in [5, 5.41) is 11.9. The molecule has 0 bridgehead atoms. The molecule has 1 amide bonds. The Labute approximate surface area is 129 Å². The largest absolute Gasteiger partial charge is 0.444 e. The zero-order valence-corrected chi connectivity index (χ0v) is 13.2. The van der Waals surface area contributed by atoms with E-state index in [1.165, 1.54) is 0 Å². The summed E-state index contributed by atoms with van der Waals surface area (Å²) in [7, 11) is 0. The van der Waals surface area contributed by atoms with Gasteiger partial charge in [-0.15, -0.1) is 0 Å². The molecule has 1 atom stereocenters. The molecule has 124 valence electrons. The van der Waals surface area contributed by atoms with Gasteiger partial charge in [0.15, 0.2) is 0 Å². The van der Waals surface area contributed by atoms with E-state index in [1.54, 1.807) is 20.8 Å². The van der Waals surface area contributed by atoms with Crippen LogP contribution in [0.15, 0.2) is 18.2 Å². The molecule has 1 rings (SSSR count). The van der Waals surface area contributed by atoms with Crippen molar-refractivity contribution in [2.24, 2.45) is 5.92 Å². The molecule has 0 aliphatic heterocycles. The summed E-state index contributed by atoms with van der Waals surface area (Å²) in [6.45, 7) is 5.39. The van der Waals surface area contributed by atoms with E-state index in [4.69, 9.17) is 4.74 Å². The van der Waals surface area contributed by atoms with E-state index in [1.807, 2.05) is 0 Å². The van der Waals surface area contributed by atoms with Crippen LogP contribution in [0.2, 0.25) is 0 Å². The number of aliphatic hydroxyl groups is 1. The fourth-order valence-corrected chi connectivity index (χ4v) is 1.96. The molecule has 0 spiro atoms. The first-order chi connectivity index (χ1) is 10.2. The number of ether oxygens (including phenoxy) is 1. The van der Waals surface area contributed by atoms with Crippen molar-refractivity contribution < 1.29 is 23.4 Å². The van der Waals surface area contributed by atoms with E-state index in [9.17, 15) is 18.7 Å². The number of carbonyl (C=O) groups excluding carboxylic acids is 1. The highest BCUT2D eigenvalue weighted by atomic mass is 19.1. The van der Waals surface area contributed by atoms with E-state index in [0.717, 1.165) is 18.2 Å². The van der Waals surface area contributed by atoms with Gasteiger partial charge in [-0.1, -0.05) is 0 Å². The highest BCUT2D eigenvalue weighted by Gasteiger charge is 2.17. The van der Waals surface area contributed by atoms with Gasteiger partial charge in [-0.3, -0.25) is 0 Å². The highest BCUT2D eigenvalue weighted by molar-refractivity contribution is 5.67. The quantitative estimate of drug-likeness (QED) is 0.848. The van der Waals surface area contributed by atoms with Gasteiger partial charge in [-0.25, -0.2) is 13.6 Å². The van der Waals surface area contributed by atoms with Crippen molar-refractivity contribution in [3.05, 3.63) is 35.4 Å². The number of rotatable bonds is 6. The van der Waals surface area contributed by atoms with E-state index in [2.05, 4.69) is 5.32 Å². The molecule has 0 aliphatic carbocycles. The minimum atomic E-state index is -0.578. The summed E-state index contributed by atoms with van der Waals surface area (Å²) in [5.41, 5.74) is -0.359. The summed E-state index contributed by atoms with van der Waals surface area (Å²) >= 11 is 0. The summed E-state index contributed by atoms with van der Waals surface area (Å²) in [6.07, 6.45) is 0.100. The maximum absolute atomic E-state index is 13.6. The molecule has 1 aromatic carbocycles. The first-order valence-corrected chi connectivity index (χ1v) is 7.23. The van der Waals surface area contributed by atoms with Crippen LogP contribution in [0.5, 0.6) is 0 Å². The third kappa shape index (κ3) is 6.85. The van der Waals surface area contributed by atoms with Crippen LogP contribution in [0.25, 0.3) is 0 Å². The van der Waals surface area contributed by atoms with Gasteiger partial charge in [0.25, 0.3) is 0 Å². The zero-order valence-electron chi connectivity index (χ0n) is 13.2. The van der Waals surface area contributed by atoms with Gasteiger partial charge in [-0.2, -0.15) is 0 Å². The molecule has 0 aliphatic rings. The molecular formula is C16H23F2NO3. The number of halogens is 2. The highest BCUT2D eigenvalue weighted by Crippen LogP contribution is 2.16. The van der Waals surface area contributed by atoms with Crippen LogP contribution in [0.3, 0.4) is 0 Å². The van der Waals surface area contributed by atoms with Crippen molar-refractivity contribution >= 4 is 6.09 Å². The maximum Gasteiger partial charge on any atom is 0.407 e. The third-order valence-corrected chi connectivity index (χ3v) is 3.00. The number of nitrogens with one attached hydrogen (secondary N) is 1. The normalized spacial score (nSPS) is 12.8. The van der Waals surface area contributed by atoms with Crippen molar-refractivity contribution in [2.75, 3.05) is 13.2 Å². The molecular weight excluding hydrogens is 292 g/mol. The molecule has 1 aromatic rings. The molecule has 2 N–H and O–H groups in total. The van der Waals surface area contributed by atoms with Gasteiger partial charge in [0, 0.05) is 13.2 Å². The predicted molar refractivity (Wildman–Crippen MR) is 79.5 cm³/mol. The Hall–Kier alpha value is -1.69. The monoisotopic (exact) mass is 315 g/mol. The van der Waals surface area contributed by atoms with Crippen LogP contribution in [-0.4, -0.2) is 30.0 Å². The molecule has 4 nitrogen and oxygen atoms in total. The minimum Gasteiger partial charge on any atom is -0.444 e. The van der Waals surface area contributed by atoms with Gasteiger partial charge < -0.3 is 15.2 Å². The molecule has 6 heteroatoms. The predicted octanol–water partition coefficient (Wildman–Crippen LogP) is 3.03. The molecule has 1 unspecified atom stereocenters. The summed E-state index contributed by atoms with van der Waals surface area (Å²) in [6, 6.07) is 3.24. The lowest BCUT2D eigenvalue weighted by atomic mass is 9.96. The minimum absolute atomic E-state index is 0.175. The van der Waals surface area contributed by atoms with Gasteiger partial charge in [0.1, 0.15) is 17.2 Å². The van der Waals surface area contributed by atoms with E-state index >= 15 is 0 Å². The van der Waals surface area contributed by atoms with Crippen molar-refractivity contribution in [1.29, 1.82) is 0 Å². The Morgan fingerprint density at radius 1 is 1.36 bits per heavy atom. The SMILES string of the molecule is CC(C)(C)OC(=O)NCCC(CO)Cc1cc(F)ccc1F. The standard InChI is InChI=1S/C16H23F2NO3/c1-16(2,3)22-15(21)19-7-6-11(10-20)8-12-9-13(17)4-5-14(12)18/h4-5,9,11,20H,6-8,10H2,1-3H3,(H,19,21). The number of aliphatic hydroxyl groups excluding tert-OH is 1. The molecule has 0 radical (unpaired) electrons. The number of benzene rings is 1. The summed E-state index contributed by atoms with van der Waals surface area (Å²) in [4.78, 5) is 11.5. The van der Waals surface area contributed by atoms with E-state index in [0.29, 0.717) is 6.42 Å². The van der Waals surface area contributed by atoms with Gasteiger partial charge in [-0.05, 0) is 63.3 Å².